The Bertz CT molecular complexity index is 171. The second-order valence-corrected chi connectivity index (χ2v) is 7.27. The molecule has 0 N–H and O–H groups in total. The zero-order chi connectivity index (χ0) is 12.3. The summed E-state index contributed by atoms with van der Waals surface area (Å²) in [6, 6.07) is 0. The molecule has 2 atom stereocenters. The van der Waals surface area contributed by atoms with E-state index in [4.69, 9.17) is 0 Å². The van der Waals surface area contributed by atoms with Crippen molar-refractivity contribution >= 4 is 0 Å². The molecule has 0 rings (SSSR count). The smallest absolute Gasteiger partial charge is 0.0326 e. The highest BCUT2D eigenvalue weighted by atomic mass is 14.4. The van der Waals surface area contributed by atoms with Gasteiger partial charge in [-0.3, -0.25) is 0 Å². The second kappa shape index (κ2) is 5.37. The predicted molar refractivity (Wildman–Crippen MR) is 71.1 cm³/mol. The summed E-state index contributed by atoms with van der Waals surface area (Å²) in [5.74, 6) is 1.64. The number of hydrogen-bond acceptors (Lipinski definition) is 0. The average molecular weight is 212 g/mol. The number of hydrogen-bond donors (Lipinski definition) is 0. The van der Waals surface area contributed by atoms with E-state index in [2.05, 4.69) is 55.4 Å². The van der Waals surface area contributed by atoms with Gasteiger partial charge in [0.05, 0.1) is 0 Å². The van der Waals surface area contributed by atoms with E-state index >= 15 is 0 Å². The molecule has 0 aromatic carbocycles. The van der Waals surface area contributed by atoms with Crippen LogP contribution in [0.2, 0.25) is 0 Å². The van der Waals surface area contributed by atoms with Gasteiger partial charge in [-0.15, -0.1) is 0 Å². The van der Waals surface area contributed by atoms with Gasteiger partial charge in [0, 0.05) is 0 Å². The largest absolute Gasteiger partial charge is 0.0654 e. The topological polar surface area (TPSA) is 0 Å². The van der Waals surface area contributed by atoms with Gasteiger partial charge in [0.25, 0.3) is 0 Å². The molecule has 0 heteroatoms. The monoisotopic (exact) mass is 212 g/mol. The van der Waals surface area contributed by atoms with E-state index in [0.29, 0.717) is 10.8 Å². The van der Waals surface area contributed by atoms with Crippen LogP contribution < -0.4 is 0 Å². The van der Waals surface area contributed by atoms with Crippen molar-refractivity contribution in [3.8, 4) is 0 Å². The molecule has 0 bridgehead atoms. The molecule has 0 aromatic heterocycles. The summed E-state index contributed by atoms with van der Waals surface area (Å²) in [4.78, 5) is 0. The van der Waals surface area contributed by atoms with Gasteiger partial charge in [0.1, 0.15) is 0 Å². The first-order valence-corrected chi connectivity index (χ1v) is 6.60. The molecule has 0 aliphatic carbocycles. The Morgan fingerprint density at radius 3 is 1.73 bits per heavy atom. The van der Waals surface area contributed by atoms with E-state index in [-0.39, 0.29) is 0 Å². The van der Waals surface area contributed by atoms with Crippen LogP contribution in [0.5, 0.6) is 0 Å². The zero-order valence-electron chi connectivity index (χ0n) is 12.3. The van der Waals surface area contributed by atoms with E-state index in [1.54, 1.807) is 0 Å². The maximum atomic E-state index is 2.44. The maximum absolute atomic E-state index is 2.44. The summed E-state index contributed by atoms with van der Waals surface area (Å²) in [5.41, 5.74) is 0.968. The van der Waals surface area contributed by atoms with Crippen molar-refractivity contribution in [3.63, 3.8) is 0 Å². The molecule has 0 aromatic rings. The molecule has 0 saturated carbocycles. The molecule has 0 fully saturated rings. The third kappa shape index (κ3) is 5.58. The fraction of sp³-hybridized carbons (Fsp3) is 1.00. The van der Waals surface area contributed by atoms with E-state index in [0.717, 1.165) is 11.8 Å². The van der Waals surface area contributed by atoms with Crippen molar-refractivity contribution in [2.24, 2.45) is 22.7 Å². The zero-order valence-corrected chi connectivity index (χ0v) is 12.3. The lowest BCUT2D eigenvalue weighted by Gasteiger charge is -2.38. The fourth-order valence-corrected chi connectivity index (χ4v) is 2.78. The summed E-state index contributed by atoms with van der Waals surface area (Å²) in [6.45, 7) is 19.1. The summed E-state index contributed by atoms with van der Waals surface area (Å²) in [5, 5.41) is 0. The minimum atomic E-state index is 0.468. The van der Waals surface area contributed by atoms with Crippen LogP contribution in [0, 0.1) is 22.7 Å². The average Bonchev–Trinajstić information content (AvgIpc) is 1.99. The molecule has 0 radical (unpaired) electrons. The standard InChI is InChI=1S/C15H32/c1-9-10-15(7,8)13(3)12(2)11-14(4,5)6/h12-13H,9-11H2,1-8H3. The summed E-state index contributed by atoms with van der Waals surface area (Å²) < 4.78 is 0. The second-order valence-electron chi connectivity index (χ2n) is 7.27. The van der Waals surface area contributed by atoms with Gasteiger partial charge in [-0.1, -0.05) is 61.8 Å². The summed E-state index contributed by atoms with van der Waals surface area (Å²) in [7, 11) is 0. The molecule has 2 unspecified atom stereocenters. The highest BCUT2D eigenvalue weighted by Crippen LogP contribution is 2.40. The van der Waals surface area contributed by atoms with Crippen molar-refractivity contribution < 1.29 is 0 Å². The van der Waals surface area contributed by atoms with Crippen LogP contribution >= 0.6 is 0 Å². The fourth-order valence-electron chi connectivity index (χ4n) is 2.78. The first-order valence-electron chi connectivity index (χ1n) is 6.60. The van der Waals surface area contributed by atoms with Crippen molar-refractivity contribution in [2.75, 3.05) is 0 Å². The van der Waals surface area contributed by atoms with Crippen LogP contribution in [0.1, 0.15) is 74.7 Å². The summed E-state index contributed by atoms with van der Waals surface area (Å²) >= 11 is 0. The minimum absolute atomic E-state index is 0.468. The van der Waals surface area contributed by atoms with Gasteiger partial charge < -0.3 is 0 Å². The Labute approximate surface area is 97.8 Å². The Morgan fingerprint density at radius 2 is 1.40 bits per heavy atom. The molecule has 0 amide bonds. The van der Waals surface area contributed by atoms with Crippen molar-refractivity contribution in [3.05, 3.63) is 0 Å². The molecule has 0 heterocycles. The van der Waals surface area contributed by atoms with Crippen molar-refractivity contribution in [1.29, 1.82) is 0 Å². The van der Waals surface area contributed by atoms with Crippen LogP contribution in [0.15, 0.2) is 0 Å². The van der Waals surface area contributed by atoms with Crippen LogP contribution in [0.3, 0.4) is 0 Å². The van der Waals surface area contributed by atoms with Gasteiger partial charge in [-0.05, 0) is 35.5 Å². The summed E-state index contributed by atoms with van der Waals surface area (Å²) in [6.07, 6.45) is 3.99. The first-order chi connectivity index (χ1) is 6.60. The van der Waals surface area contributed by atoms with Crippen molar-refractivity contribution in [1.82, 2.24) is 0 Å². The van der Waals surface area contributed by atoms with E-state index < -0.39 is 0 Å². The lowest BCUT2D eigenvalue weighted by atomic mass is 9.67. The Hall–Kier alpha value is 0. The molecular formula is C15H32. The maximum Gasteiger partial charge on any atom is -0.0326 e. The third-order valence-corrected chi connectivity index (χ3v) is 3.91. The molecule has 92 valence electrons. The third-order valence-electron chi connectivity index (χ3n) is 3.91. The molecule has 0 spiro atoms. The van der Waals surface area contributed by atoms with Crippen LogP contribution in [0.4, 0.5) is 0 Å². The van der Waals surface area contributed by atoms with E-state index in [1.165, 1.54) is 19.3 Å². The molecular weight excluding hydrogens is 180 g/mol. The van der Waals surface area contributed by atoms with Gasteiger partial charge in [0.15, 0.2) is 0 Å². The molecule has 0 aliphatic heterocycles. The highest BCUT2D eigenvalue weighted by Gasteiger charge is 2.30. The van der Waals surface area contributed by atoms with Crippen LogP contribution in [-0.2, 0) is 0 Å². The van der Waals surface area contributed by atoms with Crippen molar-refractivity contribution in [2.45, 2.75) is 74.7 Å². The molecule has 0 aliphatic rings. The van der Waals surface area contributed by atoms with Crippen LogP contribution in [0.25, 0.3) is 0 Å². The lowest BCUT2D eigenvalue weighted by molar-refractivity contribution is 0.120. The van der Waals surface area contributed by atoms with Gasteiger partial charge in [-0.2, -0.15) is 0 Å². The lowest BCUT2D eigenvalue weighted by Crippen LogP contribution is -2.29. The molecule has 15 heavy (non-hydrogen) atoms. The Morgan fingerprint density at radius 1 is 0.933 bits per heavy atom. The van der Waals surface area contributed by atoms with Gasteiger partial charge in [-0.25, -0.2) is 0 Å². The highest BCUT2D eigenvalue weighted by molar-refractivity contribution is 4.81. The number of rotatable bonds is 5. The molecule has 0 saturated heterocycles. The van der Waals surface area contributed by atoms with E-state index in [9.17, 15) is 0 Å². The quantitative estimate of drug-likeness (QED) is 0.563. The molecule has 0 nitrogen and oxygen atoms in total. The van der Waals surface area contributed by atoms with E-state index in [1.807, 2.05) is 0 Å². The SMILES string of the molecule is CCCC(C)(C)C(C)C(C)CC(C)(C)C. The minimum Gasteiger partial charge on any atom is -0.0654 e. The van der Waals surface area contributed by atoms with Crippen LogP contribution in [-0.4, -0.2) is 0 Å². The van der Waals surface area contributed by atoms with Gasteiger partial charge in [0.2, 0.25) is 0 Å². The van der Waals surface area contributed by atoms with Gasteiger partial charge >= 0.3 is 0 Å². The Kier molecular flexibility index (Phi) is 5.37. The first kappa shape index (κ1) is 15.0. The normalized spacial score (nSPS) is 17.6. The Balaban J connectivity index is 4.36. The predicted octanol–water partition coefficient (Wildman–Crippen LogP) is 5.52.